The molecule has 0 aliphatic carbocycles. The average molecular weight is 502 g/mol. The SMILES string of the molecule is Cc1cc([C@H](NC2=NS(=O)N=C2Nc2cccc(C(=O)N3CCCC(O)C3)c2O)C(C)C)oc1C. The van der Waals surface area contributed by atoms with Gasteiger partial charge in [-0.3, -0.25) is 4.79 Å². The molecule has 2 aliphatic rings. The van der Waals surface area contributed by atoms with Crippen LogP contribution < -0.4 is 10.6 Å². The number of carbonyl (C=O) groups excluding carboxylic acids is 1. The summed E-state index contributed by atoms with van der Waals surface area (Å²) in [5, 5.41) is 27.0. The number of furan rings is 1. The van der Waals surface area contributed by atoms with Gasteiger partial charge in [-0.15, -0.1) is 8.80 Å². The van der Waals surface area contributed by atoms with Gasteiger partial charge in [0.2, 0.25) is 0 Å². The lowest BCUT2D eigenvalue weighted by Crippen LogP contribution is -2.42. The summed E-state index contributed by atoms with van der Waals surface area (Å²) in [7, 11) is 0. The molecule has 3 atom stereocenters. The molecule has 2 unspecified atom stereocenters. The fourth-order valence-electron chi connectivity index (χ4n) is 4.16. The number of likely N-dealkylation sites (tertiary alicyclic amines) is 1. The van der Waals surface area contributed by atoms with E-state index < -0.39 is 17.3 Å². The van der Waals surface area contributed by atoms with Crippen molar-refractivity contribution in [2.45, 2.75) is 52.7 Å². The first-order valence-electron chi connectivity index (χ1n) is 11.6. The molecule has 35 heavy (non-hydrogen) atoms. The van der Waals surface area contributed by atoms with Crippen molar-refractivity contribution in [2.75, 3.05) is 18.4 Å². The Balaban J connectivity index is 1.55. The molecule has 10 nitrogen and oxygen atoms in total. The smallest absolute Gasteiger partial charge is 0.269 e. The average Bonchev–Trinajstić information content (AvgIpc) is 3.33. The third kappa shape index (κ3) is 5.40. The highest BCUT2D eigenvalue weighted by molar-refractivity contribution is 7.83. The minimum atomic E-state index is -1.83. The van der Waals surface area contributed by atoms with Crippen molar-refractivity contribution in [3.8, 4) is 5.75 Å². The molecule has 0 saturated carbocycles. The van der Waals surface area contributed by atoms with E-state index in [0.717, 1.165) is 17.1 Å². The number of benzene rings is 1. The first-order valence-corrected chi connectivity index (χ1v) is 12.7. The molecule has 2 aromatic rings. The quantitative estimate of drug-likeness (QED) is 0.462. The summed E-state index contributed by atoms with van der Waals surface area (Å²) in [4.78, 5) is 14.5. The number of β-amino-alcohol motifs (C(OH)–C–C–N with tert-alkyl or cyclic N) is 1. The summed E-state index contributed by atoms with van der Waals surface area (Å²) in [6, 6.07) is 6.47. The van der Waals surface area contributed by atoms with E-state index in [-0.39, 0.29) is 53.1 Å². The number of aromatic hydroxyl groups is 1. The molecule has 0 spiro atoms. The van der Waals surface area contributed by atoms with Gasteiger partial charge < -0.3 is 30.2 Å². The number of phenolic OH excluding ortho intramolecular Hbond substituents is 1. The first kappa shape index (κ1) is 24.9. The van der Waals surface area contributed by atoms with E-state index in [9.17, 15) is 19.2 Å². The van der Waals surface area contributed by atoms with Crippen LogP contribution in [0.25, 0.3) is 0 Å². The zero-order valence-corrected chi connectivity index (χ0v) is 21.1. The normalized spacial score (nSPS) is 21.0. The molecule has 4 rings (SSSR count). The van der Waals surface area contributed by atoms with Gasteiger partial charge >= 0.3 is 0 Å². The number of piperidine rings is 1. The van der Waals surface area contributed by atoms with E-state index in [0.29, 0.717) is 19.4 Å². The van der Waals surface area contributed by atoms with Crippen LogP contribution in [-0.4, -0.2) is 56.1 Å². The molecule has 11 heteroatoms. The van der Waals surface area contributed by atoms with Crippen molar-refractivity contribution >= 4 is 34.4 Å². The summed E-state index contributed by atoms with van der Waals surface area (Å²) in [5.74, 6) is 1.50. The largest absolute Gasteiger partial charge is 0.505 e. The predicted molar refractivity (Wildman–Crippen MR) is 135 cm³/mol. The van der Waals surface area contributed by atoms with Gasteiger partial charge in [0.05, 0.1) is 23.4 Å². The number of hydrogen-bond donors (Lipinski definition) is 4. The third-order valence-electron chi connectivity index (χ3n) is 6.22. The lowest BCUT2D eigenvalue weighted by molar-refractivity contribution is 0.0471. The van der Waals surface area contributed by atoms with Gasteiger partial charge in [0.25, 0.3) is 17.1 Å². The molecule has 1 saturated heterocycles. The van der Waals surface area contributed by atoms with Crippen LogP contribution in [-0.2, 0) is 11.2 Å². The summed E-state index contributed by atoms with van der Waals surface area (Å²) in [6.07, 6.45) is 0.781. The molecule has 0 bridgehead atoms. The van der Waals surface area contributed by atoms with Gasteiger partial charge in [0.15, 0.2) is 17.4 Å². The summed E-state index contributed by atoms with van der Waals surface area (Å²) >= 11 is -1.83. The number of carbonyl (C=O) groups is 1. The molecule has 3 heterocycles. The van der Waals surface area contributed by atoms with Gasteiger partial charge in [0, 0.05) is 13.1 Å². The molecule has 1 aromatic heterocycles. The number of nitrogens with one attached hydrogen (secondary N) is 2. The second-order valence-electron chi connectivity index (χ2n) is 9.24. The van der Waals surface area contributed by atoms with E-state index in [4.69, 9.17) is 4.42 Å². The number of amides is 1. The zero-order valence-electron chi connectivity index (χ0n) is 20.2. The number of amidine groups is 2. The van der Waals surface area contributed by atoms with Gasteiger partial charge in [-0.2, -0.15) is 0 Å². The van der Waals surface area contributed by atoms with Crippen LogP contribution in [0.2, 0.25) is 0 Å². The number of para-hydroxylation sites is 1. The number of aliphatic hydroxyl groups is 1. The molecule has 188 valence electrons. The van der Waals surface area contributed by atoms with Crippen molar-refractivity contribution in [1.29, 1.82) is 0 Å². The molecular weight excluding hydrogens is 470 g/mol. The van der Waals surface area contributed by atoms with Crippen LogP contribution in [0.3, 0.4) is 0 Å². The van der Waals surface area contributed by atoms with E-state index in [1.54, 1.807) is 12.1 Å². The number of aryl methyl sites for hydroxylation is 2. The Morgan fingerprint density at radius 2 is 2.00 bits per heavy atom. The topological polar surface area (TPSA) is 140 Å². The number of hydrogen-bond acceptors (Lipinski definition) is 7. The van der Waals surface area contributed by atoms with Gasteiger partial charge in [-0.1, -0.05) is 19.9 Å². The minimum absolute atomic E-state index is 0.108. The van der Waals surface area contributed by atoms with Gasteiger partial charge in [-0.25, -0.2) is 4.21 Å². The van der Waals surface area contributed by atoms with Crippen molar-refractivity contribution in [3.63, 3.8) is 0 Å². The number of phenols is 1. The lowest BCUT2D eigenvalue weighted by Gasteiger charge is -2.30. The van der Waals surface area contributed by atoms with Crippen LogP contribution in [0.1, 0.15) is 60.2 Å². The Bertz CT molecular complexity index is 1190. The molecule has 1 amide bonds. The number of nitrogens with zero attached hydrogens (tertiary/aromatic N) is 3. The van der Waals surface area contributed by atoms with Crippen molar-refractivity contribution in [2.24, 2.45) is 14.7 Å². The Hall–Kier alpha value is -3.18. The Kier molecular flexibility index (Phi) is 7.27. The second-order valence-corrected chi connectivity index (χ2v) is 10.1. The maximum Gasteiger partial charge on any atom is 0.269 e. The van der Waals surface area contributed by atoms with Crippen LogP contribution in [0.4, 0.5) is 5.69 Å². The van der Waals surface area contributed by atoms with Crippen LogP contribution in [0.5, 0.6) is 5.75 Å². The molecule has 1 fully saturated rings. The molecule has 1 aromatic carbocycles. The number of rotatable bonds is 5. The third-order valence-corrected chi connectivity index (χ3v) is 6.89. The fraction of sp³-hybridized carbons (Fsp3) is 0.458. The Morgan fingerprint density at radius 3 is 2.66 bits per heavy atom. The maximum atomic E-state index is 13.0. The van der Waals surface area contributed by atoms with Crippen LogP contribution in [0, 0.1) is 19.8 Å². The molecular formula is C24H31N5O5S. The van der Waals surface area contributed by atoms with E-state index >= 15 is 0 Å². The van der Waals surface area contributed by atoms with Gasteiger partial charge in [0.1, 0.15) is 11.5 Å². The summed E-state index contributed by atoms with van der Waals surface area (Å²) in [5.41, 5.74) is 1.37. The molecule has 0 radical (unpaired) electrons. The Morgan fingerprint density at radius 1 is 1.26 bits per heavy atom. The van der Waals surface area contributed by atoms with Crippen molar-refractivity contribution in [3.05, 3.63) is 46.9 Å². The van der Waals surface area contributed by atoms with Gasteiger partial charge in [-0.05, 0) is 56.4 Å². The number of aliphatic hydroxyl groups excluding tert-OH is 1. The van der Waals surface area contributed by atoms with E-state index in [2.05, 4.69) is 19.4 Å². The van der Waals surface area contributed by atoms with E-state index in [1.165, 1.54) is 11.0 Å². The second kappa shape index (κ2) is 10.2. The minimum Gasteiger partial charge on any atom is -0.505 e. The summed E-state index contributed by atoms with van der Waals surface area (Å²) < 4.78 is 26.2. The fourth-order valence-corrected chi connectivity index (χ4v) is 4.79. The zero-order chi connectivity index (χ0) is 25.3. The highest BCUT2D eigenvalue weighted by atomic mass is 32.2. The highest BCUT2D eigenvalue weighted by Crippen LogP contribution is 2.31. The first-order chi connectivity index (χ1) is 16.6. The van der Waals surface area contributed by atoms with Crippen molar-refractivity contribution in [1.82, 2.24) is 10.2 Å². The van der Waals surface area contributed by atoms with E-state index in [1.807, 2.05) is 33.8 Å². The van der Waals surface area contributed by atoms with Crippen LogP contribution >= 0.6 is 0 Å². The number of anilines is 1. The summed E-state index contributed by atoms with van der Waals surface area (Å²) in [6.45, 7) is 8.67. The lowest BCUT2D eigenvalue weighted by atomic mass is 10.0. The standard InChI is InChI=1S/C24H31N5O5S/c1-13(2)20(19-11-14(3)15(4)34-19)26-23-22(27-35(33)28-23)25-18-9-5-8-17(21(18)31)24(32)29-10-6-7-16(30)12-29/h5,8-9,11,13,16,20,30-31H,6-7,10,12H2,1-4H3,(H,25,27)(H,26,28)/t16?,20-,35?/m1/s1. The predicted octanol–water partition coefficient (Wildman–Crippen LogP) is 2.99. The molecule has 2 aliphatic heterocycles. The molecule has 4 N–H and O–H groups in total. The van der Waals surface area contributed by atoms with Crippen LogP contribution in [0.15, 0.2) is 37.5 Å². The van der Waals surface area contributed by atoms with Crippen molar-refractivity contribution < 1.29 is 23.6 Å². The maximum absolute atomic E-state index is 13.0. The highest BCUT2D eigenvalue weighted by Gasteiger charge is 2.29. The Labute approximate surface area is 206 Å². The monoisotopic (exact) mass is 501 g/mol.